The van der Waals surface area contributed by atoms with Gasteiger partial charge in [0.25, 0.3) is 0 Å². The molecule has 0 spiro atoms. The van der Waals surface area contributed by atoms with Crippen LogP contribution in [0, 0.1) is 11.3 Å². The minimum atomic E-state index is 0.638. The van der Waals surface area contributed by atoms with Gasteiger partial charge in [-0.05, 0) is 6.07 Å². The first-order valence-electron chi connectivity index (χ1n) is 4.30. The van der Waals surface area contributed by atoms with Gasteiger partial charge in [0, 0.05) is 30.5 Å². The Bertz CT molecular complexity index is 512. The maximum Gasteiger partial charge on any atom is 0.100 e. The minimum absolute atomic E-state index is 0.638. The number of pyridine rings is 1. The molecular weight excluding hydrogens is 208 g/mol. The van der Waals surface area contributed by atoms with Gasteiger partial charge in [-0.1, -0.05) is 11.8 Å². The number of hydrogen-bond donors (Lipinski definition) is 0. The van der Waals surface area contributed by atoms with E-state index in [1.807, 2.05) is 13.2 Å². The molecule has 0 fully saturated rings. The van der Waals surface area contributed by atoms with Crippen molar-refractivity contribution in [1.29, 1.82) is 5.26 Å². The summed E-state index contributed by atoms with van der Waals surface area (Å²) in [5.74, 6) is 0. The molecule has 0 bridgehead atoms. The van der Waals surface area contributed by atoms with Gasteiger partial charge in [0.15, 0.2) is 0 Å². The third-order valence-corrected chi connectivity index (χ3v) is 2.81. The second-order valence-electron chi connectivity index (χ2n) is 2.94. The summed E-state index contributed by atoms with van der Waals surface area (Å²) < 4.78 is 1.73. The number of nitriles is 1. The van der Waals surface area contributed by atoms with E-state index < -0.39 is 0 Å². The molecule has 74 valence electrons. The molecule has 0 aliphatic heterocycles. The van der Waals surface area contributed by atoms with Crippen LogP contribution in [0.15, 0.2) is 40.6 Å². The number of nitrogens with zero attached hydrogens (tertiary/aromatic N) is 4. The first kappa shape index (κ1) is 9.74. The van der Waals surface area contributed by atoms with Gasteiger partial charge in [-0.15, -0.1) is 0 Å². The molecule has 0 saturated carbocycles. The Morgan fingerprint density at radius 1 is 1.47 bits per heavy atom. The molecule has 4 nitrogen and oxygen atoms in total. The predicted octanol–water partition coefficient (Wildman–Crippen LogP) is 1.84. The van der Waals surface area contributed by atoms with Gasteiger partial charge in [0.1, 0.15) is 6.07 Å². The number of rotatable bonds is 2. The monoisotopic (exact) mass is 216 g/mol. The lowest BCUT2D eigenvalue weighted by Gasteiger charge is -1.98. The summed E-state index contributed by atoms with van der Waals surface area (Å²) in [6, 6.07) is 3.84. The van der Waals surface area contributed by atoms with Crippen LogP contribution in [0.2, 0.25) is 0 Å². The third kappa shape index (κ3) is 2.17. The minimum Gasteiger partial charge on any atom is -0.275 e. The van der Waals surface area contributed by atoms with Crippen molar-refractivity contribution in [2.75, 3.05) is 0 Å². The molecule has 0 unspecified atom stereocenters. The van der Waals surface area contributed by atoms with Crippen LogP contribution in [0.1, 0.15) is 5.56 Å². The van der Waals surface area contributed by atoms with Gasteiger partial charge in [-0.25, -0.2) is 0 Å². The average molecular weight is 216 g/mol. The second kappa shape index (κ2) is 4.15. The van der Waals surface area contributed by atoms with Crippen LogP contribution < -0.4 is 0 Å². The van der Waals surface area contributed by atoms with Crippen LogP contribution in [-0.2, 0) is 7.05 Å². The van der Waals surface area contributed by atoms with E-state index in [2.05, 4.69) is 16.2 Å². The van der Waals surface area contributed by atoms with Crippen molar-refractivity contribution in [3.63, 3.8) is 0 Å². The van der Waals surface area contributed by atoms with Crippen LogP contribution in [0.5, 0.6) is 0 Å². The zero-order valence-corrected chi connectivity index (χ0v) is 8.90. The maximum absolute atomic E-state index is 8.89. The van der Waals surface area contributed by atoms with E-state index in [1.165, 1.54) is 11.8 Å². The molecule has 0 atom stereocenters. The molecule has 0 aromatic carbocycles. The molecule has 0 amide bonds. The van der Waals surface area contributed by atoms with Crippen LogP contribution in [0.4, 0.5) is 0 Å². The summed E-state index contributed by atoms with van der Waals surface area (Å²) in [6.45, 7) is 0. The fourth-order valence-corrected chi connectivity index (χ4v) is 2.03. The number of aryl methyl sites for hydroxylation is 1. The van der Waals surface area contributed by atoms with Crippen molar-refractivity contribution in [1.82, 2.24) is 14.8 Å². The van der Waals surface area contributed by atoms with Crippen LogP contribution in [0.25, 0.3) is 0 Å². The second-order valence-corrected chi connectivity index (χ2v) is 4.05. The average Bonchev–Trinajstić information content (AvgIpc) is 2.65. The molecule has 0 aliphatic carbocycles. The fourth-order valence-electron chi connectivity index (χ4n) is 1.13. The van der Waals surface area contributed by atoms with E-state index in [9.17, 15) is 0 Å². The predicted molar refractivity (Wildman–Crippen MR) is 56.3 cm³/mol. The van der Waals surface area contributed by atoms with E-state index in [0.717, 1.165) is 9.79 Å². The van der Waals surface area contributed by atoms with Gasteiger partial charge >= 0.3 is 0 Å². The summed E-state index contributed by atoms with van der Waals surface area (Å²) in [7, 11) is 1.86. The molecule has 2 aromatic rings. The molecule has 0 N–H and O–H groups in total. The quantitative estimate of drug-likeness (QED) is 0.768. The van der Waals surface area contributed by atoms with Crippen LogP contribution in [-0.4, -0.2) is 14.8 Å². The van der Waals surface area contributed by atoms with Crippen molar-refractivity contribution < 1.29 is 0 Å². The molecule has 0 aliphatic rings. The molecule has 2 rings (SSSR count). The highest BCUT2D eigenvalue weighted by molar-refractivity contribution is 7.99. The Balaban J connectivity index is 2.28. The fraction of sp³-hybridized carbons (Fsp3) is 0.100. The smallest absolute Gasteiger partial charge is 0.100 e. The number of hydrogen-bond acceptors (Lipinski definition) is 4. The highest BCUT2D eigenvalue weighted by Gasteiger charge is 2.04. The topological polar surface area (TPSA) is 54.5 Å². The summed E-state index contributed by atoms with van der Waals surface area (Å²) in [4.78, 5) is 5.85. The van der Waals surface area contributed by atoms with Gasteiger partial charge in [-0.2, -0.15) is 10.4 Å². The van der Waals surface area contributed by atoms with Crippen molar-refractivity contribution in [3.8, 4) is 6.07 Å². The summed E-state index contributed by atoms with van der Waals surface area (Å²) in [5, 5.41) is 13.0. The molecule has 5 heteroatoms. The van der Waals surface area contributed by atoms with Crippen molar-refractivity contribution >= 4 is 11.8 Å². The Kier molecular flexibility index (Phi) is 2.70. The van der Waals surface area contributed by atoms with E-state index >= 15 is 0 Å². The lowest BCUT2D eigenvalue weighted by atomic mass is 10.3. The van der Waals surface area contributed by atoms with Crippen LogP contribution >= 0.6 is 11.8 Å². The Labute approximate surface area is 91.6 Å². The Hall–Kier alpha value is -1.80. The summed E-state index contributed by atoms with van der Waals surface area (Å²) in [6.07, 6.45) is 6.97. The van der Waals surface area contributed by atoms with Gasteiger partial charge in [0.2, 0.25) is 0 Å². The lowest BCUT2D eigenvalue weighted by molar-refractivity contribution is 0.766. The summed E-state index contributed by atoms with van der Waals surface area (Å²) >= 11 is 1.49. The molecule has 0 radical (unpaired) electrons. The lowest BCUT2D eigenvalue weighted by Crippen LogP contribution is -1.84. The highest BCUT2D eigenvalue weighted by Crippen LogP contribution is 2.28. The maximum atomic E-state index is 8.89. The van der Waals surface area contributed by atoms with Crippen molar-refractivity contribution in [3.05, 3.63) is 36.4 Å². The van der Waals surface area contributed by atoms with Crippen LogP contribution in [0.3, 0.4) is 0 Å². The SMILES string of the molecule is Cn1cc(Sc2cnccc2C#N)cn1. The normalized spacial score (nSPS) is 9.87. The Morgan fingerprint density at radius 3 is 3.00 bits per heavy atom. The first-order valence-corrected chi connectivity index (χ1v) is 5.12. The molecule has 0 saturated heterocycles. The van der Waals surface area contributed by atoms with E-state index in [-0.39, 0.29) is 0 Å². The van der Waals surface area contributed by atoms with Crippen molar-refractivity contribution in [2.45, 2.75) is 9.79 Å². The third-order valence-electron chi connectivity index (χ3n) is 1.81. The van der Waals surface area contributed by atoms with Gasteiger partial charge in [0.05, 0.1) is 16.7 Å². The summed E-state index contributed by atoms with van der Waals surface area (Å²) in [5.41, 5.74) is 0.638. The number of aromatic nitrogens is 3. The Morgan fingerprint density at radius 2 is 2.33 bits per heavy atom. The zero-order chi connectivity index (χ0) is 10.7. The van der Waals surface area contributed by atoms with Crippen molar-refractivity contribution in [2.24, 2.45) is 7.05 Å². The molecule has 15 heavy (non-hydrogen) atoms. The standard InChI is InChI=1S/C10H8N4S/c1-14-7-9(5-13-14)15-10-6-12-3-2-8(10)4-11/h2-3,5-7H,1H3. The van der Waals surface area contributed by atoms with E-state index in [0.29, 0.717) is 5.56 Å². The van der Waals surface area contributed by atoms with Gasteiger partial charge in [-0.3, -0.25) is 9.67 Å². The first-order chi connectivity index (χ1) is 7.29. The highest BCUT2D eigenvalue weighted by atomic mass is 32.2. The van der Waals surface area contributed by atoms with E-state index in [4.69, 9.17) is 5.26 Å². The molecule has 2 heterocycles. The zero-order valence-electron chi connectivity index (χ0n) is 8.08. The molecular formula is C10H8N4S. The van der Waals surface area contributed by atoms with Gasteiger partial charge < -0.3 is 0 Å². The molecule has 2 aromatic heterocycles. The van der Waals surface area contributed by atoms with E-state index in [1.54, 1.807) is 29.3 Å². The largest absolute Gasteiger partial charge is 0.275 e.